The number of carbonyl (C=O) groups is 3. The third-order valence-electron chi connectivity index (χ3n) is 8.97. The van der Waals surface area contributed by atoms with Gasteiger partial charge in [0.25, 0.3) is 5.91 Å². The molecule has 228 valence electrons. The van der Waals surface area contributed by atoms with Gasteiger partial charge in [0, 0.05) is 82.8 Å². The average Bonchev–Trinajstić information content (AvgIpc) is 3.65. The first kappa shape index (κ1) is 30.4. The molecule has 0 radical (unpaired) electrons. The molecule has 0 bridgehead atoms. The van der Waals surface area contributed by atoms with E-state index in [1.54, 1.807) is 21.4 Å². The second-order valence-electron chi connectivity index (χ2n) is 12.0. The van der Waals surface area contributed by atoms with Crippen LogP contribution in [0.5, 0.6) is 0 Å². The fourth-order valence-corrected chi connectivity index (χ4v) is 6.76. The predicted molar refractivity (Wildman–Crippen MR) is 162 cm³/mol. The fraction of sp³-hybridized carbons (Fsp3) is 0.613. The molecule has 11 heteroatoms. The summed E-state index contributed by atoms with van der Waals surface area (Å²) < 4.78 is 7.72. The van der Waals surface area contributed by atoms with Crippen molar-refractivity contribution >= 4 is 35.2 Å². The molecule has 2 aromatic rings. The number of aromatic nitrogens is 2. The number of likely N-dealkylation sites (tertiary alicyclic amines) is 3. The van der Waals surface area contributed by atoms with Gasteiger partial charge in [-0.1, -0.05) is 17.7 Å². The van der Waals surface area contributed by atoms with E-state index in [9.17, 15) is 14.4 Å². The Hall–Kier alpha value is -3.11. The van der Waals surface area contributed by atoms with Crippen LogP contribution in [0.15, 0.2) is 24.3 Å². The number of rotatable bonds is 8. The molecule has 2 atom stereocenters. The molecular formula is C31H43ClN6O4. The lowest BCUT2D eigenvalue weighted by Crippen LogP contribution is -2.43. The van der Waals surface area contributed by atoms with E-state index in [4.69, 9.17) is 16.3 Å². The predicted octanol–water partition coefficient (Wildman–Crippen LogP) is 4.22. The van der Waals surface area contributed by atoms with Gasteiger partial charge in [-0.3, -0.25) is 19.2 Å². The summed E-state index contributed by atoms with van der Waals surface area (Å²) in [6.07, 6.45) is 1.50. The zero-order chi connectivity index (χ0) is 30.0. The van der Waals surface area contributed by atoms with Gasteiger partial charge in [0.1, 0.15) is 11.8 Å². The number of carbonyl (C=O) groups excluding carboxylic acids is 3. The number of nitrogens with zero attached hydrogens (tertiary/aromatic N) is 6. The minimum Gasteiger partial charge on any atom is -0.446 e. The molecule has 5 rings (SSSR count). The molecule has 3 aliphatic heterocycles. The molecule has 0 saturated carbocycles. The van der Waals surface area contributed by atoms with Crippen molar-refractivity contribution < 1.29 is 19.1 Å². The number of amides is 3. The van der Waals surface area contributed by atoms with E-state index in [-0.39, 0.29) is 24.0 Å². The molecule has 0 spiro atoms. The van der Waals surface area contributed by atoms with Crippen LogP contribution in [0, 0.1) is 25.7 Å². The molecule has 3 fully saturated rings. The zero-order valence-electron chi connectivity index (χ0n) is 25.2. The van der Waals surface area contributed by atoms with Crippen LogP contribution in [-0.2, 0) is 16.1 Å². The Morgan fingerprint density at radius 2 is 1.71 bits per heavy atom. The van der Waals surface area contributed by atoms with E-state index in [0.29, 0.717) is 61.6 Å². The molecular weight excluding hydrogens is 556 g/mol. The summed E-state index contributed by atoms with van der Waals surface area (Å²) >= 11 is 6.43. The first-order chi connectivity index (χ1) is 20.1. The van der Waals surface area contributed by atoms with Gasteiger partial charge < -0.3 is 19.4 Å². The molecule has 4 heterocycles. The van der Waals surface area contributed by atoms with E-state index in [1.165, 1.54) is 0 Å². The van der Waals surface area contributed by atoms with Crippen LogP contribution in [0.2, 0.25) is 5.02 Å². The Balaban J connectivity index is 1.14. The normalized spacial score (nSPS) is 21.1. The maximum absolute atomic E-state index is 13.4. The van der Waals surface area contributed by atoms with Crippen LogP contribution in [0.25, 0.3) is 0 Å². The van der Waals surface area contributed by atoms with Crippen LogP contribution >= 0.6 is 11.6 Å². The van der Waals surface area contributed by atoms with Crippen LogP contribution < -0.4 is 4.90 Å². The topological polar surface area (TPSA) is 91.2 Å². The maximum Gasteiger partial charge on any atom is 0.414 e. The Labute approximate surface area is 253 Å². The highest BCUT2D eigenvalue weighted by Gasteiger charge is 2.42. The van der Waals surface area contributed by atoms with Gasteiger partial charge in [-0.15, -0.1) is 0 Å². The fourth-order valence-electron chi connectivity index (χ4n) is 6.58. The molecule has 1 aromatic heterocycles. The number of hydrogen-bond donors (Lipinski definition) is 0. The highest BCUT2D eigenvalue weighted by Crippen LogP contribution is 2.32. The largest absolute Gasteiger partial charge is 0.446 e. The smallest absolute Gasteiger partial charge is 0.414 e. The van der Waals surface area contributed by atoms with E-state index in [2.05, 4.69) is 10.00 Å². The van der Waals surface area contributed by atoms with Gasteiger partial charge >= 0.3 is 6.09 Å². The molecule has 3 amide bonds. The molecule has 3 aliphatic rings. The third kappa shape index (κ3) is 6.75. The maximum atomic E-state index is 13.4. The number of anilines is 1. The lowest BCUT2D eigenvalue weighted by Gasteiger charge is -2.32. The minimum atomic E-state index is -0.370. The molecule has 42 heavy (non-hydrogen) atoms. The van der Waals surface area contributed by atoms with Crippen molar-refractivity contribution in [2.24, 2.45) is 11.8 Å². The molecule has 1 aromatic carbocycles. The van der Waals surface area contributed by atoms with Gasteiger partial charge in [0.05, 0.1) is 5.69 Å². The number of halogens is 1. The van der Waals surface area contributed by atoms with Gasteiger partial charge in [-0.05, 0) is 69.3 Å². The van der Waals surface area contributed by atoms with Gasteiger partial charge in [-0.2, -0.15) is 5.10 Å². The van der Waals surface area contributed by atoms with E-state index in [1.807, 2.05) is 49.9 Å². The molecule has 0 aliphatic carbocycles. The van der Waals surface area contributed by atoms with E-state index in [0.717, 1.165) is 56.1 Å². The number of hydrogen-bond acceptors (Lipinski definition) is 6. The quantitative estimate of drug-likeness (QED) is 0.452. The third-order valence-corrected chi connectivity index (χ3v) is 9.38. The van der Waals surface area contributed by atoms with Crippen molar-refractivity contribution in [1.29, 1.82) is 0 Å². The van der Waals surface area contributed by atoms with Crippen molar-refractivity contribution in [3.05, 3.63) is 46.2 Å². The van der Waals surface area contributed by atoms with Gasteiger partial charge in [0.15, 0.2) is 0 Å². The van der Waals surface area contributed by atoms with Crippen molar-refractivity contribution in [1.82, 2.24) is 24.5 Å². The summed E-state index contributed by atoms with van der Waals surface area (Å²) in [5.41, 5.74) is 3.23. The number of aryl methyl sites for hydroxylation is 3. The molecule has 3 saturated heterocycles. The second kappa shape index (κ2) is 13.0. The summed E-state index contributed by atoms with van der Waals surface area (Å²) in [4.78, 5) is 46.2. The highest BCUT2D eigenvalue weighted by molar-refractivity contribution is 6.31. The van der Waals surface area contributed by atoms with Crippen LogP contribution in [0.1, 0.15) is 54.9 Å². The van der Waals surface area contributed by atoms with Gasteiger partial charge in [-0.25, -0.2) is 4.79 Å². The Morgan fingerprint density at radius 1 is 1.02 bits per heavy atom. The van der Waals surface area contributed by atoms with Crippen LogP contribution in [-0.4, -0.2) is 101 Å². The van der Waals surface area contributed by atoms with Crippen molar-refractivity contribution in [2.75, 3.05) is 57.3 Å². The number of fused-ring (bicyclic) bond motifs is 1. The standard InChI is InChI=1S/C31H43ClN6O4/c1-5-38-29(15-22(3)33-38)30(40)36-19-24-17-34(18-25(24)20-36)11-6-12-37(26-8-7-21(2)28(32)16-26)31(41)42-27-9-13-35(14-10-27)23(4)39/h7-8,15-16,24-25,27H,5-6,9-14,17-20H2,1-4H3. The van der Waals surface area contributed by atoms with E-state index < -0.39 is 0 Å². The summed E-state index contributed by atoms with van der Waals surface area (Å²) in [6.45, 7) is 14.2. The second-order valence-corrected chi connectivity index (χ2v) is 12.4. The first-order valence-electron chi connectivity index (χ1n) is 15.2. The van der Waals surface area contributed by atoms with Gasteiger partial charge in [0.2, 0.25) is 5.91 Å². The Kier molecular flexibility index (Phi) is 9.42. The lowest BCUT2D eigenvalue weighted by atomic mass is 10.0. The SMILES string of the molecule is CCn1nc(C)cc1C(=O)N1CC2CN(CCCN(C(=O)OC3CCN(C(C)=O)CC3)c3ccc(C)c(Cl)c3)CC2C1. The molecule has 2 unspecified atom stereocenters. The van der Waals surface area contributed by atoms with Crippen molar-refractivity contribution in [3.8, 4) is 0 Å². The summed E-state index contributed by atoms with van der Waals surface area (Å²) in [7, 11) is 0. The average molecular weight is 599 g/mol. The number of piperidine rings is 1. The lowest BCUT2D eigenvalue weighted by molar-refractivity contribution is -0.130. The summed E-state index contributed by atoms with van der Waals surface area (Å²) in [5, 5.41) is 5.06. The summed E-state index contributed by atoms with van der Waals surface area (Å²) in [6, 6.07) is 7.55. The minimum absolute atomic E-state index is 0.0556. The number of ether oxygens (including phenoxy) is 1. The zero-order valence-corrected chi connectivity index (χ0v) is 26.0. The molecule has 0 N–H and O–H groups in total. The van der Waals surface area contributed by atoms with Crippen molar-refractivity contribution in [2.45, 2.75) is 59.6 Å². The Bertz CT molecular complexity index is 1290. The highest BCUT2D eigenvalue weighted by atomic mass is 35.5. The van der Waals surface area contributed by atoms with Crippen LogP contribution in [0.4, 0.5) is 10.5 Å². The monoisotopic (exact) mass is 598 g/mol. The first-order valence-corrected chi connectivity index (χ1v) is 15.6. The number of benzene rings is 1. The van der Waals surface area contributed by atoms with E-state index >= 15 is 0 Å². The Morgan fingerprint density at radius 3 is 2.33 bits per heavy atom. The summed E-state index contributed by atoms with van der Waals surface area (Å²) in [5.74, 6) is 1.06. The van der Waals surface area contributed by atoms with Crippen molar-refractivity contribution in [3.63, 3.8) is 0 Å². The molecule has 10 nitrogen and oxygen atoms in total. The van der Waals surface area contributed by atoms with Crippen LogP contribution in [0.3, 0.4) is 0 Å².